The molecule has 0 saturated heterocycles. The monoisotopic (exact) mass is 415 g/mol. The molecule has 0 aromatic heterocycles. The summed E-state index contributed by atoms with van der Waals surface area (Å²) in [4.78, 5) is 25.1. The number of benzene rings is 2. The predicted octanol–water partition coefficient (Wildman–Crippen LogP) is 3.37. The number of nitrogens with one attached hydrogen (secondary N) is 3. The van der Waals surface area contributed by atoms with E-state index in [9.17, 15) is 18.0 Å². The van der Waals surface area contributed by atoms with E-state index in [0.717, 1.165) is 25.7 Å². The fourth-order valence-electron chi connectivity index (χ4n) is 3.41. The molecule has 7 nitrogen and oxygen atoms in total. The van der Waals surface area contributed by atoms with Crippen LogP contribution in [-0.2, 0) is 14.8 Å². The first-order valence-corrected chi connectivity index (χ1v) is 11.1. The van der Waals surface area contributed by atoms with Gasteiger partial charge >= 0.3 is 0 Å². The maximum atomic E-state index is 12.6. The molecule has 3 N–H and O–H groups in total. The predicted molar refractivity (Wildman–Crippen MR) is 112 cm³/mol. The van der Waals surface area contributed by atoms with Gasteiger partial charge in [0, 0.05) is 22.9 Å². The van der Waals surface area contributed by atoms with Gasteiger partial charge in [-0.15, -0.1) is 0 Å². The fraction of sp³-hybridized carbons (Fsp3) is 0.333. The first-order valence-electron chi connectivity index (χ1n) is 9.65. The van der Waals surface area contributed by atoms with Crippen LogP contribution < -0.4 is 15.4 Å². The summed E-state index contributed by atoms with van der Waals surface area (Å²) >= 11 is 0. The summed E-state index contributed by atoms with van der Waals surface area (Å²) in [5, 5.41) is 5.60. The van der Waals surface area contributed by atoms with Gasteiger partial charge in [0.2, 0.25) is 15.9 Å². The molecule has 0 bridgehead atoms. The fourth-order valence-corrected chi connectivity index (χ4v) is 4.18. The molecular formula is C21H25N3O4S. The van der Waals surface area contributed by atoms with Crippen LogP contribution in [0.2, 0.25) is 0 Å². The number of carbonyl (C=O) groups is 2. The Kier molecular flexibility index (Phi) is 6.66. The topological polar surface area (TPSA) is 104 Å². The third kappa shape index (κ3) is 5.42. The standard InChI is InChI=1S/C21H25N3O4S/c1-22-29(27,28)19-12-6-11-18(14-19)24-21(26)16-9-5-10-17(13-16)23-20(25)15-7-3-2-4-8-15/h5-6,9-15,22H,2-4,7-8H2,1H3,(H,23,25)(H,24,26). The molecule has 1 saturated carbocycles. The van der Waals surface area contributed by atoms with Gasteiger partial charge in [0.05, 0.1) is 4.90 Å². The lowest BCUT2D eigenvalue weighted by molar-refractivity contribution is -0.120. The molecule has 154 valence electrons. The van der Waals surface area contributed by atoms with Crippen molar-refractivity contribution in [2.24, 2.45) is 5.92 Å². The van der Waals surface area contributed by atoms with E-state index in [0.29, 0.717) is 16.9 Å². The van der Waals surface area contributed by atoms with Crippen molar-refractivity contribution in [2.45, 2.75) is 37.0 Å². The summed E-state index contributed by atoms with van der Waals surface area (Å²) in [5.41, 5.74) is 1.30. The van der Waals surface area contributed by atoms with E-state index in [1.807, 2.05) is 0 Å². The van der Waals surface area contributed by atoms with Crippen molar-refractivity contribution in [1.29, 1.82) is 0 Å². The van der Waals surface area contributed by atoms with E-state index < -0.39 is 15.9 Å². The number of anilines is 2. The Morgan fingerprint density at radius 3 is 2.24 bits per heavy atom. The molecular weight excluding hydrogens is 390 g/mol. The lowest BCUT2D eigenvalue weighted by Gasteiger charge is -2.20. The average molecular weight is 416 g/mol. The molecule has 0 aliphatic heterocycles. The van der Waals surface area contributed by atoms with Crippen molar-refractivity contribution >= 4 is 33.2 Å². The summed E-state index contributed by atoms with van der Waals surface area (Å²) < 4.78 is 26.1. The van der Waals surface area contributed by atoms with E-state index in [2.05, 4.69) is 15.4 Å². The molecule has 0 heterocycles. The van der Waals surface area contributed by atoms with Gasteiger partial charge < -0.3 is 10.6 Å². The van der Waals surface area contributed by atoms with Gasteiger partial charge in [-0.2, -0.15) is 0 Å². The Labute approximate surface area is 171 Å². The third-order valence-corrected chi connectivity index (χ3v) is 6.45. The Balaban J connectivity index is 1.69. The van der Waals surface area contributed by atoms with Gasteiger partial charge in [0.1, 0.15) is 0 Å². The molecule has 29 heavy (non-hydrogen) atoms. The molecule has 3 rings (SSSR count). The number of hydrogen-bond donors (Lipinski definition) is 3. The second-order valence-corrected chi connectivity index (χ2v) is 8.98. The van der Waals surface area contributed by atoms with Crippen molar-refractivity contribution in [2.75, 3.05) is 17.7 Å². The third-order valence-electron chi connectivity index (χ3n) is 5.04. The van der Waals surface area contributed by atoms with E-state index in [1.165, 1.54) is 25.6 Å². The first-order chi connectivity index (χ1) is 13.9. The van der Waals surface area contributed by atoms with Crippen LogP contribution in [0.1, 0.15) is 42.5 Å². The highest BCUT2D eigenvalue weighted by Crippen LogP contribution is 2.25. The normalized spacial score (nSPS) is 14.9. The Bertz CT molecular complexity index is 998. The van der Waals surface area contributed by atoms with Crippen LogP contribution in [-0.4, -0.2) is 27.3 Å². The van der Waals surface area contributed by atoms with Crippen LogP contribution in [0, 0.1) is 5.92 Å². The lowest BCUT2D eigenvalue weighted by atomic mass is 9.88. The Hall–Kier alpha value is -2.71. The van der Waals surface area contributed by atoms with Crippen LogP contribution in [0.15, 0.2) is 53.4 Å². The molecule has 0 unspecified atom stereocenters. The van der Waals surface area contributed by atoms with Crippen molar-refractivity contribution < 1.29 is 18.0 Å². The van der Waals surface area contributed by atoms with Crippen LogP contribution >= 0.6 is 0 Å². The summed E-state index contributed by atoms with van der Waals surface area (Å²) in [6.07, 6.45) is 5.12. The van der Waals surface area contributed by atoms with Crippen LogP contribution in [0.4, 0.5) is 11.4 Å². The highest BCUT2D eigenvalue weighted by Gasteiger charge is 2.21. The van der Waals surface area contributed by atoms with Gasteiger partial charge in [-0.1, -0.05) is 31.4 Å². The lowest BCUT2D eigenvalue weighted by Crippen LogP contribution is -2.24. The highest BCUT2D eigenvalue weighted by molar-refractivity contribution is 7.89. The Morgan fingerprint density at radius 1 is 0.897 bits per heavy atom. The second-order valence-electron chi connectivity index (χ2n) is 7.09. The van der Waals surface area contributed by atoms with Crippen molar-refractivity contribution in [3.05, 3.63) is 54.1 Å². The zero-order valence-electron chi connectivity index (χ0n) is 16.3. The molecule has 2 aromatic carbocycles. The largest absolute Gasteiger partial charge is 0.326 e. The van der Waals surface area contributed by atoms with Gasteiger partial charge in [0.25, 0.3) is 5.91 Å². The maximum absolute atomic E-state index is 12.6. The molecule has 0 spiro atoms. The van der Waals surface area contributed by atoms with E-state index in [1.54, 1.807) is 36.4 Å². The molecule has 0 radical (unpaired) electrons. The molecule has 1 aliphatic rings. The molecule has 0 atom stereocenters. The van der Waals surface area contributed by atoms with Crippen LogP contribution in [0.5, 0.6) is 0 Å². The van der Waals surface area contributed by atoms with Gasteiger partial charge in [0.15, 0.2) is 0 Å². The number of sulfonamides is 1. The van der Waals surface area contributed by atoms with Gasteiger partial charge in [-0.25, -0.2) is 13.1 Å². The molecule has 1 fully saturated rings. The number of rotatable bonds is 6. The summed E-state index contributed by atoms with van der Waals surface area (Å²) in [6.45, 7) is 0. The molecule has 2 amide bonds. The number of carbonyl (C=O) groups excluding carboxylic acids is 2. The van der Waals surface area contributed by atoms with E-state index in [4.69, 9.17) is 0 Å². The minimum atomic E-state index is -3.60. The van der Waals surface area contributed by atoms with Crippen LogP contribution in [0.3, 0.4) is 0 Å². The first kappa shape index (κ1) is 21.0. The maximum Gasteiger partial charge on any atom is 0.255 e. The molecule has 2 aromatic rings. The second kappa shape index (κ2) is 9.19. The van der Waals surface area contributed by atoms with Crippen molar-refractivity contribution in [3.8, 4) is 0 Å². The smallest absolute Gasteiger partial charge is 0.255 e. The van der Waals surface area contributed by atoms with Crippen molar-refractivity contribution in [3.63, 3.8) is 0 Å². The average Bonchev–Trinajstić information content (AvgIpc) is 2.74. The molecule has 8 heteroatoms. The van der Waals surface area contributed by atoms with Crippen molar-refractivity contribution in [1.82, 2.24) is 4.72 Å². The van der Waals surface area contributed by atoms with E-state index in [-0.39, 0.29) is 16.7 Å². The van der Waals surface area contributed by atoms with Gasteiger partial charge in [-0.3, -0.25) is 9.59 Å². The van der Waals surface area contributed by atoms with Gasteiger partial charge in [-0.05, 0) is 56.3 Å². The summed E-state index contributed by atoms with van der Waals surface area (Å²) in [6, 6.07) is 12.7. The Morgan fingerprint density at radius 2 is 1.55 bits per heavy atom. The SMILES string of the molecule is CNS(=O)(=O)c1cccc(NC(=O)c2cccc(NC(=O)C3CCCCC3)c2)c1. The van der Waals surface area contributed by atoms with Crippen LogP contribution in [0.25, 0.3) is 0 Å². The van der Waals surface area contributed by atoms with E-state index >= 15 is 0 Å². The minimum absolute atomic E-state index is 0.00719. The zero-order valence-corrected chi connectivity index (χ0v) is 17.1. The quantitative estimate of drug-likeness (QED) is 0.673. The zero-order chi connectivity index (χ0) is 20.9. The number of amides is 2. The minimum Gasteiger partial charge on any atom is -0.326 e. The summed E-state index contributed by atoms with van der Waals surface area (Å²) in [7, 11) is -2.27. The summed E-state index contributed by atoms with van der Waals surface area (Å²) in [5.74, 6) is -0.372. The highest BCUT2D eigenvalue weighted by atomic mass is 32.2. The molecule has 1 aliphatic carbocycles. The number of hydrogen-bond acceptors (Lipinski definition) is 4.